The molecule has 0 aliphatic carbocycles. The molecule has 6 saturated heterocycles. The highest BCUT2D eigenvalue weighted by Gasteiger charge is 2.48. The van der Waals surface area contributed by atoms with E-state index in [-0.39, 0.29) is 0 Å². The standard InChI is InChI=1S/2C12H24N2.C12H26N2.C11H24N2/c1-10(2)13-6-5-12(7-13)8-14(9-12)11(3)4;1-9(2)13-7-11-5-6-12(8-13)14(11)10(3)4;1-10(2)13-7-8-14(11(3)4)12(5,6)9-13;1-9(2)12-6-7-13(10(3)4)11(5)8-12/h10-11H,5-9H2,1-4H3;9-12H,5-8H2,1-4H3;10-11H,7-9H2,1-6H3;9-11H,6-8H2,1-5H3/t;;;11-/m...0/s1. The smallest absolute Gasteiger partial charge is 0.0283 e. The number of hydrogen-bond donors (Lipinski definition) is 0. The average molecular weight is 775 g/mol. The zero-order valence-electron chi connectivity index (χ0n) is 40.5. The van der Waals surface area contributed by atoms with Crippen molar-refractivity contribution >= 4 is 0 Å². The molecule has 8 heteroatoms. The fourth-order valence-corrected chi connectivity index (χ4v) is 10.9. The molecule has 6 aliphatic rings. The van der Waals surface area contributed by atoms with Gasteiger partial charge in [-0.05, 0) is 157 Å². The number of nitrogens with zero attached hydrogens (tertiary/aromatic N) is 8. The molecule has 0 aromatic heterocycles. The molecule has 0 amide bonds. The maximum Gasteiger partial charge on any atom is 0.0283 e. The Morgan fingerprint density at radius 1 is 0.418 bits per heavy atom. The highest BCUT2D eigenvalue weighted by atomic mass is 15.3. The van der Waals surface area contributed by atoms with Gasteiger partial charge in [-0.1, -0.05) is 0 Å². The second-order valence-corrected chi connectivity index (χ2v) is 21.7. The maximum absolute atomic E-state index is 2.75. The summed E-state index contributed by atoms with van der Waals surface area (Å²) >= 11 is 0. The Balaban J connectivity index is 0.000000197. The topological polar surface area (TPSA) is 25.9 Å². The zero-order chi connectivity index (χ0) is 41.6. The minimum Gasteiger partial charge on any atom is -0.300 e. The zero-order valence-corrected chi connectivity index (χ0v) is 40.5. The Labute approximate surface area is 345 Å². The van der Waals surface area contributed by atoms with E-state index >= 15 is 0 Å². The summed E-state index contributed by atoms with van der Waals surface area (Å²) in [6.07, 6.45) is 4.27. The van der Waals surface area contributed by atoms with E-state index in [1.54, 1.807) is 0 Å². The second-order valence-electron chi connectivity index (χ2n) is 21.7. The summed E-state index contributed by atoms with van der Waals surface area (Å²) in [4.78, 5) is 21.0. The molecule has 2 bridgehead atoms. The van der Waals surface area contributed by atoms with Crippen molar-refractivity contribution in [2.75, 3.05) is 78.5 Å². The Morgan fingerprint density at radius 2 is 0.873 bits per heavy atom. The van der Waals surface area contributed by atoms with Gasteiger partial charge in [-0.15, -0.1) is 0 Å². The lowest BCUT2D eigenvalue weighted by Crippen LogP contribution is -2.62. The van der Waals surface area contributed by atoms with Crippen LogP contribution in [0, 0.1) is 5.41 Å². The fourth-order valence-electron chi connectivity index (χ4n) is 10.9. The van der Waals surface area contributed by atoms with E-state index in [0.717, 1.165) is 42.3 Å². The van der Waals surface area contributed by atoms with Crippen LogP contribution in [0.5, 0.6) is 0 Å². The molecule has 326 valence electrons. The number of rotatable bonds is 8. The molecule has 0 saturated carbocycles. The Kier molecular flexibility index (Phi) is 19.0. The van der Waals surface area contributed by atoms with Crippen molar-refractivity contribution in [1.29, 1.82) is 0 Å². The molecule has 6 aliphatic heterocycles. The van der Waals surface area contributed by atoms with Crippen LogP contribution in [-0.2, 0) is 0 Å². The maximum atomic E-state index is 2.75. The third kappa shape index (κ3) is 13.6. The molecule has 1 spiro atoms. The molecular formula is C47H98N8. The van der Waals surface area contributed by atoms with Crippen molar-refractivity contribution in [2.45, 2.75) is 223 Å². The lowest BCUT2D eigenvalue weighted by atomic mass is 9.78. The van der Waals surface area contributed by atoms with Gasteiger partial charge in [-0.25, -0.2) is 0 Å². The minimum atomic E-state index is 0.330. The van der Waals surface area contributed by atoms with Gasteiger partial charge in [0.05, 0.1) is 0 Å². The molecule has 6 rings (SSSR count). The Morgan fingerprint density at radius 3 is 1.25 bits per heavy atom. The lowest BCUT2D eigenvalue weighted by molar-refractivity contribution is -0.0158. The van der Waals surface area contributed by atoms with Crippen LogP contribution in [0.3, 0.4) is 0 Å². The Bertz CT molecular complexity index is 1050. The van der Waals surface area contributed by atoms with Crippen molar-refractivity contribution in [2.24, 2.45) is 5.41 Å². The van der Waals surface area contributed by atoms with E-state index in [0.29, 0.717) is 35.1 Å². The van der Waals surface area contributed by atoms with Gasteiger partial charge in [0.1, 0.15) is 0 Å². The predicted octanol–water partition coefficient (Wildman–Crippen LogP) is 7.77. The van der Waals surface area contributed by atoms with Gasteiger partial charge in [0.2, 0.25) is 0 Å². The number of piperazine rings is 3. The van der Waals surface area contributed by atoms with E-state index in [2.05, 4.69) is 171 Å². The largest absolute Gasteiger partial charge is 0.300 e. The van der Waals surface area contributed by atoms with Gasteiger partial charge >= 0.3 is 0 Å². The van der Waals surface area contributed by atoms with Crippen LogP contribution in [0.25, 0.3) is 0 Å². The van der Waals surface area contributed by atoms with E-state index in [4.69, 9.17) is 0 Å². The van der Waals surface area contributed by atoms with Crippen LogP contribution in [0.4, 0.5) is 0 Å². The molecule has 0 radical (unpaired) electrons. The van der Waals surface area contributed by atoms with Crippen molar-refractivity contribution < 1.29 is 0 Å². The third-order valence-electron chi connectivity index (χ3n) is 14.4. The van der Waals surface area contributed by atoms with Crippen molar-refractivity contribution in [1.82, 2.24) is 39.2 Å². The van der Waals surface area contributed by atoms with Crippen LogP contribution in [0.1, 0.15) is 151 Å². The van der Waals surface area contributed by atoms with E-state index in [9.17, 15) is 0 Å². The number of likely N-dealkylation sites (tertiary alicyclic amines) is 3. The van der Waals surface area contributed by atoms with Crippen molar-refractivity contribution in [3.05, 3.63) is 0 Å². The van der Waals surface area contributed by atoms with E-state index in [1.807, 2.05) is 0 Å². The van der Waals surface area contributed by atoms with Crippen LogP contribution in [-0.4, -0.2) is 190 Å². The van der Waals surface area contributed by atoms with Gasteiger partial charge in [0, 0.05) is 149 Å². The quantitative estimate of drug-likeness (QED) is 0.247. The molecule has 2 unspecified atom stereocenters. The SMILES string of the molecule is CC(C)N1CC2CCC(C1)N2C(C)C.CC(C)N1CCC2(C1)CN(C(C)C)C2.CC(C)N1CCN(C(C)C)C(C)(C)C1.CC(C)N1CCN(C(C)C)[C@@H](C)C1. The Hall–Kier alpha value is -0.320. The third-order valence-corrected chi connectivity index (χ3v) is 14.4. The molecule has 55 heavy (non-hydrogen) atoms. The van der Waals surface area contributed by atoms with E-state index in [1.165, 1.54) is 97.8 Å². The highest BCUT2D eigenvalue weighted by Crippen LogP contribution is 2.41. The highest BCUT2D eigenvalue weighted by molar-refractivity contribution is 5.02. The molecule has 0 aromatic carbocycles. The predicted molar refractivity (Wildman–Crippen MR) is 242 cm³/mol. The van der Waals surface area contributed by atoms with Gasteiger partial charge in [-0.3, -0.25) is 34.3 Å². The first-order valence-corrected chi connectivity index (χ1v) is 23.5. The van der Waals surface area contributed by atoms with E-state index < -0.39 is 0 Å². The van der Waals surface area contributed by atoms with Crippen molar-refractivity contribution in [3.8, 4) is 0 Å². The first-order chi connectivity index (χ1) is 25.5. The lowest BCUT2D eigenvalue weighted by Gasteiger charge is -2.50. The summed E-state index contributed by atoms with van der Waals surface area (Å²) in [5.41, 5.74) is 1.01. The number of hydrogen-bond acceptors (Lipinski definition) is 8. The first kappa shape index (κ1) is 49.0. The summed E-state index contributed by atoms with van der Waals surface area (Å²) in [7, 11) is 0. The van der Waals surface area contributed by atoms with Crippen LogP contribution >= 0.6 is 0 Å². The summed E-state index contributed by atoms with van der Waals surface area (Å²) in [6.45, 7) is 59.3. The summed E-state index contributed by atoms with van der Waals surface area (Å²) < 4.78 is 0. The van der Waals surface area contributed by atoms with Crippen LogP contribution < -0.4 is 0 Å². The fraction of sp³-hybridized carbons (Fsp3) is 1.00. The van der Waals surface area contributed by atoms with Crippen molar-refractivity contribution in [3.63, 3.8) is 0 Å². The van der Waals surface area contributed by atoms with Gasteiger partial charge in [0.25, 0.3) is 0 Å². The van der Waals surface area contributed by atoms with Gasteiger partial charge < -0.3 is 4.90 Å². The van der Waals surface area contributed by atoms with Crippen LogP contribution in [0.2, 0.25) is 0 Å². The monoisotopic (exact) mass is 775 g/mol. The summed E-state index contributed by atoms with van der Waals surface area (Å²) in [6, 6.07) is 8.11. The second kappa shape index (κ2) is 21.3. The summed E-state index contributed by atoms with van der Waals surface area (Å²) in [5.74, 6) is 0. The molecule has 3 atom stereocenters. The van der Waals surface area contributed by atoms with Gasteiger partial charge in [0.15, 0.2) is 0 Å². The normalized spacial score (nSPS) is 28.7. The molecular weight excluding hydrogens is 677 g/mol. The molecule has 8 nitrogen and oxygen atoms in total. The first-order valence-electron chi connectivity index (χ1n) is 23.5. The minimum absolute atomic E-state index is 0.330. The molecule has 0 N–H and O–H groups in total. The molecule has 6 heterocycles. The van der Waals surface area contributed by atoms with Crippen LogP contribution in [0.15, 0.2) is 0 Å². The summed E-state index contributed by atoms with van der Waals surface area (Å²) in [5, 5.41) is 0. The average Bonchev–Trinajstić information content (AvgIpc) is 3.63. The molecule has 6 fully saturated rings. The molecule has 0 aromatic rings. The van der Waals surface area contributed by atoms with Gasteiger partial charge in [-0.2, -0.15) is 0 Å². The number of fused-ring (bicyclic) bond motifs is 2.